The van der Waals surface area contributed by atoms with E-state index in [9.17, 15) is 4.79 Å². The molecule has 3 heterocycles. The molecule has 0 bridgehead atoms. The number of nitrogens with zero attached hydrogens (tertiary/aromatic N) is 2. The average molecular weight is 335 g/mol. The Labute approximate surface area is 137 Å². The number of hydrogen-bond acceptors (Lipinski definition) is 3. The van der Waals surface area contributed by atoms with Crippen LogP contribution in [0.3, 0.4) is 0 Å². The number of pyridine rings is 1. The molecule has 3 aromatic rings. The average Bonchev–Trinajstić information content (AvgIpc) is 2.83. The first-order valence-electron chi connectivity index (χ1n) is 7.07. The fourth-order valence-electron chi connectivity index (χ4n) is 2.57. The van der Waals surface area contributed by atoms with Crippen molar-refractivity contribution in [2.24, 2.45) is 0 Å². The Morgan fingerprint density at radius 3 is 2.82 bits per heavy atom. The summed E-state index contributed by atoms with van der Waals surface area (Å²) in [6.45, 7) is 3.48. The third-order valence-electron chi connectivity index (χ3n) is 3.52. The molecule has 1 unspecified atom stereocenters. The van der Waals surface area contributed by atoms with Gasteiger partial charge in [-0.3, -0.25) is 9.20 Å². The fraction of sp³-hybridized carbons (Fsp3) is 0.250. The van der Waals surface area contributed by atoms with E-state index < -0.39 is 0 Å². The van der Waals surface area contributed by atoms with Crippen LogP contribution in [0, 0.1) is 6.92 Å². The van der Waals surface area contributed by atoms with Gasteiger partial charge in [-0.05, 0) is 31.2 Å². The molecule has 0 saturated heterocycles. The molecule has 6 heteroatoms. The Bertz CT molecular complexity index is 871. The Kier molecular flexibility index (Phi) is 4.29. The summed E-state index contributed by atoms with van der Waals surface area (Å²) in [5, 5.41) is 0. The lowest BCUT2D eigenvalue weighted by Crippen LogP contribution is -3.06. The number of hydrogen-bond donors (Lipinski definition) is 1. The van der Waals surface area contributed by atoms with Crippen molar-refractivity contribution in [1.29, 1.82) is 0 Å². The zero-order chi connectivity index (χ0) is 15.7. The number of nitrogens with one attached hydrogen (secondary N) is 1. The van der Waals surface area contributed by atoms with Gasteiger partial charge in [0.15, 0.2) is 0 Å². The number of fused-ring (bicyclic) bond motifs is 1. The number of aromatic nitrogens is 2. The van der Waals surface area contributed by atoms with Gasteiger partial charge >= 0.3 is 0 Å². The molecular formula is C16H17ClN3OS+. The lowest BCUT2D eigenvalue weighted by molar-refractivity contribution is -0.907. The van der Waals surface area contributed by atoms with Crippen molar-refractivity contribution in [1.82, 2.24) is 9.38 Å². The first-order chi connectivity index (χ1) is 10.5. The molecule has 0 amide bonds. The van der Waals surface area contributed by atoms with Crippen LogP contribution in [0.2, 0.25) is 4.34 Å². The van der Waals surface area contributed by atoms with Crippen LogP contribution in [0.1, 0.15) is 16.3 Å². The van der Waals surface area contributed by atoms with Crippen LogP contribution in [-0.2, 0) is 13.1 Å². The van der Waals surface area contributed by atoms with E-state index in [4.69, 9.17) is 11.6 Å². The molecular weight excluding hydrogens is 318 g/mol. The lowest BCUT2D eigenvalue weighted by atomic mass is 10.3. The van der Waals surface area contributed by atoms with E-state index in [1.54, 1.807) is 21.8 Å². The van der Waals surface area contributed by atoms with Gasteiger partial charge in [0.05, 0.1) is 16.3 Å². The van der Waals surface area contributed by atoms with E-state index in [1.165, 1.54) is 9.78 Å². The summed E-state index contributed by atoms with van der Waals surface area (Å²) in [7, 11) is 2.09. The van der Waals surface area contributed by atoms with Crippen LogP contribution < -0.4 is 10.5 Å². The second-order valence-electron chi connectivity index (χ2n) is 5.46. The molecule has 3 aromatic heterocycles. The molecule has 0 aliphatic carbocycles. The van der Waals surface area contributed by atoms with Gasteiger partial charge in [-0.25, -0.2) is 4.98 Å². The standard InChI is InChI=1S/C16H16ClN3OS/c1-11-4-3-5-15-18-12(8-16(21)20(11)15)9-19(2)10-13-6-7-14(17)22-13/h3-8H,9-10H2,1-2H3/p+1. The van der Waals surface area contributed by atoms with Crippen molar-refractivity contribution in [3.63, 3.8) is 0 Å². The minimum Gasteiger partial charge on any atom is -0.328 e. The molecule has 114 valence electrons. The summed E-state index contributed by atoms with van der Waals surface area (Å²) in [5.41, 5.74) is 2.39. The minimum atomic E-state index is -0.0231. The van der Waals surface area contributed by atoms with E-state index in [0.717, 1.165) is 22.3 Å². The zero-order valence-electron chi connectivity index (χ0n) is 12.5. The predicted molar refractivity (Wildman–Crippen MR) is 89.8 cm³/mol. The smallest absolute Gasteiger partial charge is 0.258 e. The highest BCUT2D eigenvalue weighted by Crippen LogP contribution is 2.20. The number of halogens is 1. The Balaban J connectivity index is 1.83. The molecule has 1 N–H and O–H groups in total. The third kappa shape index (κ3) is 3.21. The summed E-state index contributed by atoms with van der Waals surface area (Å²) < 4.78 is 2.44. The first kappa shape index (κ1) is 15.2. The van der Waals surface area contributed by atoms with Crippen LogP contribution in [0.4, 0.5) is 0 Å². The molecule has 22 heavy (non-hydrogen) atoms. The third-order valence-corrected chi connectivity index (χ3v) is 4.75. The monoisotopic (exact) mass is 334 g/mol. The summed E-state index contributed by atoms with van der Waals surface area (Å²) in [4.78, 5) is 19.4. The van der Waals surface area contributed by atoms with Gasteiger partial charge in [0.1, 0.15) is 24.4 Å². The van der Waals surface area contributed by atoms with Crippen molar-refractivity contribution in [3.05, 3.63) is 67.4 Å². The second-order valence-corrected chi connectivity index (χ2v) is 7.26. The van der Waals surface area contributed by atoms with Gasteiger partial charge in [-0.1, -0.05) is 17.7 Å². The van der Waals surface area contributed by atoms with Crippen molar-refractivity contribution < 1.29 is 4.90 Å². The molecule has 4 nitrogen and oxygen atoms in total. The summed E-state index contributed by atoms with van der Waals surface area (Å²) in [5.74, 6) is 0. The van der Waals surface area contributed by atoms with E-state index in [0.29, 0.717) is 12.2 Å². The molecule has 0 radical (unpaired) electrons. The maximum atomic E-state index is 12.3. The number of rotatable bonds is 4. The zero-order valence-corrected chi connectivity index (χ0v) is 14.0. The van der Waals surface area contributed by atoms with Gasteiger partial charge in [0.2, 0.25) is 0 Å². The maximum absolute atomic E-state index is 12.3. The van der Waals surface area contributed by atoms with Crippen LogP contribution in [0.15, 0.2) is 41.2 Å². The normalized spacial score (nSPS) is 12.7. The summed E-state index contributed by atoms with van der Waals surface area (Å²) >= 11 is 7.55. The highest BCUT2D eigenvalue weighted by atomic mass is 35.5. The van der Waals surface area contributed by atoms with Crippen LogP contribution in [0.5, 0.6) is 0 Å². The van der Waals surface area contributed by atoms with Gasteiger partial charge in [0, 0.05) is 11.8 Å². The minimum absolute atomic E-state index is 0.0231. The van der Waals surface area contributed by atoms with Crippen molar-refractivity contribution in [3.8, 4) is 0 Å². The molecule has 0 spiro atoms. The molecule has 0 fully saturated rings. The molecule has 0 saturated carbocycles. The lowest BCUT2D eigenvalue weighted by Gasteiger charge is -2.13. The maximum Gasteiger partial charge on any atom is 0.258 e. The van der Waals surface area contributed by atoms with Crippen molar-refractivity contribution in [2.75, 3.05) is 7.05 Å². The van der Waals surface area contributed by atoms with Crippen LogP contribution >= 0.6 is 22.9 Å². The van der Waals surface area contributed by atoms with E-state index in [-0.39, 0.29) is 5.56 Å². The van der Waals surface area contributed by atoms with Crippen molar-refractivity contribution in [2.45, 2.75) is 20.0 Å². The molecule has 1 atom stereocenters. The first-order valence-corrected chi connectivity index (χ1v) is 8.26. The van der Waals surface area contributed by atoms with E-state index in [1.807, 2.05) is 37.3 Å². The highest BCUT2D eigenvalue weighted by Gasteiger charge is 2.11. The van der Waals surface area contributed by atoms with E-state index in [2.05, 4.69) is 12.0 Å². The Morgan fingerprint density at radius 1 is 1.27 bits per heavy atom. The van der Waals surface area contributed by atoms with Gasteiger partial charge in [-0.2, -0.15) is 0 Å². The van der Waals surface area contributed by atoms with Crippen molar-refractivity contribution >= 4 is 28.6 Å². The van der Waals surface area contributed by atoms with Gasteiger partial charge < -0.3 is 4.90 Å². The van der Waals surface area contributed by atoms with Crippen LogP contribution in [-0.4, -0.2) is 16.4 Å². The highest BCUT2D eigenvalue weighted by molar-refractivity contribution is 7.16. The number of aryl methyl sites for hydroxylation is 1. The van der Waals surface area contributed by atoms with Gasteiger partial charge in [0.25, 0.3) is 5.56 Å². The van der Waals surface area contributed by atoms with Crippen LogP contribution in [0.25, 0.3) is 5.65 Å². The fourth-order valence-corrected chi connectivity index (χ4v) is 3.77. The SMILES string of the molecule is Cc1cccc2nc(C[NH+](C)Cc3ccc(Cl)s3)cc(=O)n12. The Hall–Kier alpha value is -1.69. The molecule has 0 aliphatic rings. The Morgan fingerprint density at radius 2 is 2.09 bits per heavy atom. The largest absolute Gasteiger partial charge is 0.328 e. The topological polar surface area (TPSA) is 38.8 Å². The number of thiophene rings is 1. The summed E-state index contributed by atoms with van der Waals surface area (Å²) in [6.07, 6.45) is 0. The molecule has 3 rings (SSSR count). The molecule has 0 aromatic carbocycles. The quantitative estimate of drug-likeness (QED) is 0.792. The second kappa shape index (κ2) is 6.20. The summed E-state index contributed by atoms with van der Waals surface area (Å²) in [6, 6.07) is 11.3. The predicted octanol–water partition coefficient (Wildman–Crippen LogP) is 1.93. The van der Waals surface area contributed by atoms with Gasteiger partial charge in [-0.15, -0.1) is 11.3 Å². The van der Waals surface area contributed by atoms with E-state index >= 15 is 0 Å². The number of quaternary nitrogens is 1. The molecule has 0 aliphatic heterocycles.